The van der Waals surface area contributed by atoms with Crippen molar-refractivity contribution < 1.29 is 9.90 Å². The Hall–Kier alpha value is -0.530. The molecule has 1 N–H and O–H groups in total. The van der Waals surface area contributed by atoms with Crippen LogP contribution in [0.3, 0.4) is 0 Å². The molecule has 10 heavy (non-hydrogen) atoms. The van der Waals surface area contributed by atoms with Crippen molar-refractivity contribution in [3.63, 3.8) is 0 Å². The van der Waals surface area contributed by atoms with Gasteiger partial charge in [0.05, 0.1) is 0 Å². The molecule has 0 atom stereocenters. The summed E-state index contributed by atoms with van der Waals surface area (Å²) in [6, 6.07) is 0. The molecule has 0 aliphatic heterocycles. The second-order valence-electron chi connectivity index (χ2n) is 2.44. The maximum atomic E-state index is 9.00. The topological polar surface area (TPSA) is 37.3 Å². The van der Waals surface area contributed by atoms with Gasteiger partial charge >= 0.3 is 0 Å². The summed E-state index contributed by atoms with van der Waals surface area (Å²) in [4.78, 5) is 9.00. The fourth-order valence-corrected chi connectivity index (χ4v) is 0.289. The van der Waals surface area contributed by atoms with Crippen LogP contribution in [0.2, 0.25) is 0 Å². The second-order valence-corrected chi connectivity index (χ2v) is 2.44. The molecular formula is C8H18O2. The number of carboxylic acids is 1. The van der Waals surface area contributed by atoms with Crippen LogP contribution in [0.1, 0.15) is 40.5 Å². The quantitative estimate of drug-likeness (QED) is 0.650. The molecule has 0 aromatic carbocycles. The van der Waals surface area contributed by atoms with Gasteiger partial charge in [-0.2, -0.15) is 0 Å². The van der Waals surface area contributed by atoms with Crippen LogP contribution in [0.15, 0.2) is 0 Å². The van der Waals surface area contributed by atoms with E-state index in [1.807, 2.05) is 0 Å². The highest BCUT2D eigenvalue weighted by Crippen LogP contribution is 2.02. The van der Waals surface area contributed by atoms with Crippen molar-refractivity contribution in [1.82, 2.24) is 0 Å². The Labute approximate surface area is 63.3 Å². The van der Waals surface area contributed by atoms with Gasteiger partial charge in [0.15, 0.2) is 0 Å². The lowest BCUT2D eigenvalue weighted by atomic mass is 10.1. The maximum Gasteiger partial charge on any atom is 0.300 e. The zero-order chi connectivity index (χ0) is 8.57. The zero-order valence-corrected chi connectivity index (χ0v) is 7.35. The van der Waals surface area contributed by atoms with Gasteiger partial charge in [0.1, 0.15) is 0 Å². The van der Waals surface area contributed by atoms with Crippen LogP contribution < -0.4 is 0 Å². The Balaban J connectivity index is 0. The van der Waals surface area contributed by atoms with E-state index in [0.29, 0.717) is 0 Å². The Morgan fingerprint density at radius 3 is 1.60 bits per heavy atom. The molecule has 0 unspecified atom stereocenters. The SMILES string of the molecule is CC(=O)O.CCC(C)CC. The number of hydrogen-bond donors (Lipinski definition) is 1. The van der Waals surface area contributed by atoms with Crippen LogP contribution in [0.5, 0.6) is 0 Å². The zero-order valence-electron chi connectivity index (χ0n) is 7.35. The third-order valence-corrected chi connectivity index (χ3v) is 1.39. The van der Waals surface area contributed by atoms with E-state index in [4.69, 9.17) is 9.90 Å². The molecule has 0 saturated heterocycles. The maximum absolute atomic E-state index is 9.00. The van der Waals surface area contributed by atoms with Gasteiger partial charge < -0.3 is 5.11 Å². The highest BCUT2D eigenvalue weighted by atomic mass is 16.4. The molecule has 62 valence electrons. The molecule has 0 aromatic heterocycles. The van der Waals surface area contributed by atoms with E-state index in [1.165, 1.54) is 12.8 Å². The van der Waals surface area contributed by atoms with Crippen LogP contribution in [0.25, 0.3) is 0 Å². The molecule has 2 nitrogen and oxygen atoms in total. The van der Waals surface area contributed by atoms with Crippen molar-refractivity contribution in [3.05, 3.63) is 0 Å². The standard InChI is InChI=1S/C6H14.C2H4O2/c1-4-6(3)5-2;1-2(3)4/h6H,4-5H2,1-3H3;1H3,(H,3,4). The molecule has 0 rings (SSSR count). The molecule has 0 amide bonds. The molecule has 2 heteroatoms. The largest absolute Gasteiger partial charge is 0.481 e. The van der Waals surface area contributed by atoms with Crippen molar-refractivity contribution in [2.45, 2.75) is 40.5 Å². The van der Waals surface area contributed by atoms with Gasteiger partial charge in [-0.3, -0.25) is 4.79 Å². The van der Waals surface area contributed by atoms with Crippen molar-refractivity contribution in [1.29, 1.82) is 0 Å². The van der Waals surface area contributed by atoms with Gasteiger partial charge in [0.25, 0.3) is 5.97 Å². The molecule has 0 aromatic rings. The molecular weight excluding hydrogens is 128 g/mol. The normalized spacial score (nSPS) is 8.50. The van der Waals surface area contributed by atoms with Crippen LogP contribution in [-0.2, 0) is 4.79 Å². The second kappa shape index (κ2) is 8.47. The number of aliphatic carboxylic acids is 1. The van der Waals surface area contributed by atoms with E-state index >= 15 is 0 Å². The predicted octanol–water partition coefficient (Wildman–Crippen LogP) is 2.53. The van der Waals surface area contributed by atoms with E-state index in [2.05, 4.69) is 20.8 Å². The molecule has 0 aliphatic rings. The van der Waals surface area contributed by atoms with Gasteiger partial charge in [0, 0.05) is 6.92 Å². The Morgan fingerprint density at radius 1 is 1.40 bits per heavy atom. The summed E-state index contributed by atoms with van der Waals surface area (Å²) in [5.41, 5.74) is 0. The first-order valence-electron chi connectivity index (χ1n) is 3.74. The summed E-state index contributed by atoms with van der Waals surface area (Å²) in [6.07, 6.45) is 2.66. The summed E-state index contributed by atoms with van der Waals surface area (Å²) < 4.78 is 0. The summed E-state index contributed by atoms with van der Waals surface area (Å²) in [6.45, 7) is 7.82. The monoisotopic (exact) mass is 146 g/mol. The molecule has 0 spiro atoms. The number of carboxylic acid groups (broad SMARTS) is 1. The number of rotatable bonds is 2. The van der Waals surface area contributed by atoms with Crippen molar-refractivity contribution in [2.75, 3.05) is 0 Å². The minimum absolute atomic E-state index is 0.833. The molecule has 0 aliphatic carbocycles. The van der Waals surface area contributed by atoms with Crippen LogP contribution in [0, 0.1) is 5.92 Å². The summed E-state index contributed by atoms with van der Waals surface area (Å²) in [7, 11) is 0. The van der Waals surface area contributed by atoms with Crippen LogP contribution in [-0.4, -0.2) is 11.1 Å². The molecule has 0 fully saturated rings. The van der Waals surface area contributed by atoms with Crippen molar-refractivity contribution in [2.24, 2.45) is 5.92 Å². The first-order valence-corrected chi connectivity index (χ1v) is 3.74. The van der Waals surface area contributed by atoms with Crippen molar-refractivity contribution in [3.8, 4) is 0 Å². The van der Waals surface area contributed by atoms with E-state index < -0.39 is 5.97 Å². The summed E-state index contributed by atoms with van der Waals surface area (Å²) in [5, 5.41) is 7.42. The van der Waals surface area contributed by atoms with Crippen molar-refractivity contribution >= 4 is 5.97 Å². The molecule has 0 bridgehead atoms. The first kappa shape index (κ1) is 12.2. The Bertz CT molecular complexity index is 71.3. The lowest BCUT2D eigenvalue weighted by Crippen LogP contribution is -1.85. The van der Waals surface area contributed by atoms with Gasteiger partial charge in [0.2, 0.25) is 0 Å². The lowest BCUT2D eigenvalue weighted by Gasteiger charge is -1.98. The smallest absolute Gasteiger partial charge is 0.300 e. The summed E-state index contributed by atoms with van der Waals surface area (Å²) >= 11 is 0. The molecule has 0 saturated carbocycles. The Kier molecular flexibility index (Phi) is 10.3. The average Bonchev–Trinajstić information content (AvgIpc) is 1.85. The van der Waals surface area contributed by atoms with Gasteiger partial charge in [-0.15, -0.1) is 0 Å². The average molecular weight is 146 g/mol. The highest BCUT2D eigenvalue weighted by molar-refractivity contribution is 5.62. The Morgan fingerprint density at radius 2 is 1.60 bits per heavy atom. The first-order chi connectivity index (χ1) is 4.54. The molecule has 0 radical (unpaired) electrons. The predicted molar refractivity (Wildman–Crippen MR) is 43.1 cm³/mol. The minimum atomic E-state index is -0.833. The van der Waals surface area contributed by atoms with Gasteiger partial charge in [-0.05, 0) is 5.92 Å². The van der Waals surface area contributed by atoms with E-state index in [-0.39, 0.29) is 0 Å². The third-order valence-electron chi connectivity index (χ3n) is 1.39. The van der Waals surface area contributed by atoms with Crippen LogP contribution >= 0.6 is 0 Å². The highest BCUT2D eigenvalue weighted by Gasteiger charge is 1.88. The van der Waals surface area contributed by atoms with Crippen LogP contribution in [0.4, 0.5) is 0 Å². The van der Waals surface area contributed by atoms with E-state index in [0.717, 1.165) is 12.8 Å². The fraction of sp³-hybridized carbons (Fsp3) is 0.875. The number of hydrogen-bond acceptors (Lipinski definition) is 1. The third kappa shape index (κ3) is 26.0. The lowest BCUT2D eigenvalue weighted by molar-refractivity contribution is -0.134. The molecule has 0 heterocycles. The van der Waals surface area contributed by atoms with E-state index in [9.17, 15) is 0 Å². The van der Waals surface area contributed by atoms with E-state index in [1.54, 1.807) is 0 Å². The minimum Gasteiger partial charge on any atom is -0.481 e. The van der Waals surface area contributed by atoms with Gasteiger partial charge in [-0.25, -0.2) is 0 Å². The van der Waals surface area contributed by atoms with Gasteiger partial charge in [-0.1, -0.05) is 33.6 Å². The fourth-order valence-electron chi connectivity index (χ4n) is 0.289. The number of carbonyl (C=O) groups is 1. The summed E-state index contributed by atoms with van der Waals surface area (Å²) in [5.74, 6) is 0.102.